The minimum Gasteiger partial charge on any atom is -0.475 e. The number of nitrogens with one attached hydrogen (secondary N) is 1. The Morgan fingerprint density at radius 1 is 1.38 bits per heavy atom. The number of nitrogens with zero attached hydrogens (tertiary/aromatic N) is 3. The van der Waals surface area contributed by atoms with Gasteiger partial charge in [0.25, 0.3) is 0 Å². The summed E-state index contributed by atoms with van der Waals surface area (Å²) >= 11 is 0. The number of aromatic nitrogens is 1. The highest BCUT2D eigenvalue weighted by atomic mass is 19.4. The van der Waals surface area contributed by atoms with E-state index in [1.165, 1.54) is 0 Å². The fraction of sp³-hybridized carbons (Fsp3) is 0.476. The minimum atomic E-state index is -5.08. The van der Waals surface area contributed by atoms with Crippen molar-refractivity contribution in [1.82, 2.24) is 9.88 Å². The largest absolute Gasteiger partial charge is 0.490 e. The number of rotatable bonds is 4. The number of piperidine rings is 1. The molecule has 2 atom stereocenters. The summed E-state index contributed by atoms with van der Waals surface area (Å²) in [7, 11) is 0. The zero-order valence-electron chi connectivity index (χ0n) is 17.1. The number of hydrogen-bond donors (Lipinski definition) is 2. The van der Waals surface area contributed by atoms with Crippen molar-refractivity contribution in [1.29, 1.82) is 5.26 Å². The summed E-state index contributed by atoms with van der Waals surface area (Å²) in [6.07, 6.45) is -0.176. The van der Waals surface area contributed by atoms with Crippen LogP contribution in [0.3, 0.4) is 0 Å². The van der Waals surface area contributed by atoms with E-state index in [1.54, 1.807) is 12.3 Å². The fourth-order valence-electron chi connectivity index (χ4n) is 3.96. The lowest BCUT2D eigenvalue weighted by Crippen LogP contribution is -2.47. The summed E-state index contributed by atoms with van der Waals surface area (Å²) in [6.45, 7) is 3.52. The number of halogens is 3. The molecule has 172 valence electrons. The van der Waals surface area contributed by atoms with Crippen LogP contribution in [0.25, 0.3) is 0 Å². The first-order valence-electron chi connectivity index (χ1n) is 10.0. The minimum absolute atomic E-state index is 0.0879. The highest BCUT2D eigenvalue weighted by Crippen LogP contribution is 2.36. The average Bonchev–Trinajstić information content (AvgIpc) is 3.38. The van der Waals surface area contributed by atoms with Crippen molar-refractivity contribution in [2.45, 2.75) is 43.6 Å². The van der Waals surface area contributed by atoms with Crippen molar-refractivity contribution in [2.24, 2.45) is 0 Å². The lowest BCUT2D eigenvalue weighted by molar-refractivity contribution is -0.192. The Morgan fingerprint density at radius 3 is 2.81 bits per heavy atom. The van der Waals surface area contributed by atoms with E-state index in [0.717, 1.165) is 50.5 Å². The number of aliphatic carboxylic acids is 1. The quantitative estimate of drug-likeness (QED) is 0.726. The molecule has 0 saturated carbocycles. The van der Waals surface area contributed by atoms with Crippen LogP contribution in [0, 0.1) is 11.3 Å². The first-order chi connectivity index (χ1) is 15.2. The number of nitriles is 1. The van der Waals surface area contributed by atoms with Crippen LogP contribution in [-0.4, -0.2) is 58.5 Å². The molecule has 1 spiro atoms. The molecule has 0 amide bonds. The molecule has 4 heterocycles. The number of anilines is 1. The van der Waals surface area contributed by atoms with E-state index in [2.05, 4.69) is 21.3 Å². The summed E-state index contributed by atoms with van der Waals surface area (Å²) in [5, 5.41) is 19.5. The Hall–Kier alpha value is -3.10. The third kappa shape index (κ3) is 6.45. The van der Waals surface area contributed by atoms with E-state index >= 15 is 0 Å². The second-order valence-corrected chi connectivity index (χ2v) is 7.76. The molecule has 32 heavy (non-hydrogen) atoms. The SMILES string of the molecule is N#Cc1cccc(NC2COC3(CCCN(Cc4ccco4)C3)C2)n1.O=C(O)C(F)(F)F. The Kier molecular flexibility index (Phi) is 7.37. The van der Waals surface area contributed by atoms with Gasteiger partial charge in [-0.2, -0.15) is 18.4 Å². The Balaban J connectivity index is 0.000000360. The predicted octanol–water partition coefficient (Wildman–Crippen LogP) is 3.42. The van der Waals surface area contributed by atoms with Crippen molar-refractivity contribution >= 4 is 11.8 Å². The van der Waals surface area contributed by atoms with Crippen LogP contribution in [0.5, 0.6) is 0 Å². The van der Waals surface area contributed by atoms with Crippen LogP contribution < -0.4 is 5.32 Å². The van der Waals surface area contributed by atoms with Gasteiger partial charge in [-0.15, -0.1) is 0 Å². The monoisotopic (exact) mass is 452 g/mol. The van der Waals surface area contributed by atoms with Crippen LogP contribution in [0.4, 0.5) is 19.0 Å². The molecule has 8 nitrogen and oxygen atoms in total. The molecule has 2 aromatic rings. The standard InChI is InChI=1S/C19H22N4O2.C2HF3O2/c20-11-15-4-1-6-18(21-15)22-16-10-19(25-13-16)7-3-8-23(14-19)12-17-5-2-9-24-17;3-2(4,5)1(6)7/h1-2,4-6,9,16H,3,7-8,10,12-14H2,(H,21,22);(H,6,7). The van der Waals surface area contributed by atoms with Crippen molar-refractivity contribution < 1.29 is 32.2 Å². The Labute approximate surface area is 182 Å². The van der Waals surface area contributed by atoms with Gasteiger partial charge in [0, 0.05) is 13.0 Å². The van der Waals surface area contributed by atoms with Crippen LogP contribution in [0.2, 0.25) is 0 Å². The summed E-state index contributed by atoms with van der Waals surface area (Å²) in [4.78, 5) is 15.6. The van der Waals surface area contributed by atoms with E-state index in [9.17, 15) is 13.2 Å². The van der Waals surface area contributed by atoms with Gasteiger partial charge in [0.15, 0.2) is 0 Å². The number of hydrogen-bond acceptors (Lipinski definition) is 7. The van der Waals surface area contributed by atoms with Gasteiger partial charge >= 0.3 is 12.1 Å². The molecule has 2 unspecified atom stereocenters. The van der Waals surface area contributed by atoms with Crippen molar-refractivity contribution in [3.8, 4) is 6.07 Å². The first kappa shape index (κ1) is 23.6. The molecule has 0 radical (unpaired) electrons. The van der Waals surface area contributed by atoms with E-state index in [0.29, 0.717) is 12.3 Å². The smallest absolute Gasteiger partial charge is 0.475 e. The molecule has 2 saturated heterocycles. The van der Waals surface area contributed by atoms with Gasteiger partial charge in [0.05, 0.1) is 31.1 Å². The van der Waals surface area contributed by atoms with Gasteiger partial charge in [0.1, 0.15) is 23.3 Å². The zero-order valence-corrected chi connectivity index (χ0v) is 17.1. The molecule has 0 bridgehead atoms. The molecule has 2 aromatic heterocycles. The number of carboxylic acid groups (broad SMARTS) is 1. The van der Waals surface area contributed by atoms with E-state index in [-0.39, 0.29) is 11.6 Å². The molecule has 2 N–H and O–H groups in total. The lowest BCUT2D eigenvalue weighted by atomic mass is 9.88. The van der Waals surface area contributed by atoms with Crippen LogP contribution in [0.1, 0.15) is 30.7 Å². The molecule has 2 fully saturated rings. The number of pyridine rings is 1. The summed E-state index contributed by atoms with van der Waals surface area (Å²) in [5.41, 5.74) is 0.343. The molecule has 2 aliphatic rings. The molecule has 11 heteroatoms. The molecule has 4 rings (SSSR count). The normalized spacial score (nSPS) is 23.2. The maximum atomic E-state index is 10.6. The first-order valence-corrected chi connectivity index (χ1v) is 10.0. The van der Waals surface area contributed by atoms with Crippen molar-refractivity contribution in [2.75, 3.05) is 25.0 Å². The van der Waals surface area contributed by atoms with E-state index in [1.807, 2.05) is 24.3 Å². The molecule has 0 aromatic carbocycles. The second kappa shape index (κ2) is 10.0. The fourth-order valence-corrected chi connectivity index (χ4v) is 3.96. The van der Waals surface area contributed by atoms with Crippen molar-refractivity contribution in [3.05, 3.63) is 48.0 Å². The Morgan fingerprint density at radius 2 is 2.16 bits per heavy atom. The topological polar surface area (TPSA) is 112 Å². The van der Waals surface area contributed by atoms with Crippen LogP contribution >= 0.6 is 0 Å². The number of carboxylic acids is 1. The third-order valence-electron chi connectivity index (χ3n) is 5.25. The van der Waals surface area contributed by atoms with Gasteiger partial charge in [0.2, 0.25) is 0 Å². The third-order valence-corrected chi connectivity index (χ3v) is 5.25. The van der Waals surface area contributed by atoms with E-state index in [4.69, 9.17) is 24.3 Å². The van der Waals surface area contributed by atoms with Gasteiger partial charge in [-0.05, 0) is 43.7 Å². The number of carbonyl (C=O) groups is 1. The molecular weight excluding hydrogens is 429 g/mol. The van der Waals surface area contributed by atoms with Gasteiger partial charge < -0.3 is 19.6 Å². The van der Waals surface area contributed by atoms with Crippen LogP contribution in [0.15, 0.2) is 41.0 Å². The van der Waals surface area contributed by atoms with Crippen molar-refractivity contribution in [3.63, 3.8) is 0 Å². The summed E-state index contributed by atoms with van der Waals surface area (Å²) in [6, 6.07) is 11.7. The summed E-state index contributed by atoms with van der Waals surface area (Å²) in [5.74, 6) is -1.01. The Bertz CT molecular complexity index is 945. The van der Waals surface area contributed by atoms with E-state index < -0.39 is 12.1 Å². The molecule has 0 aliphatic carbocycles. The molecule has 2 aliphatic heterocycles. The predicted molar refractivity (Wildman–Crippen MR) is 107 cm³/mol. The average molecular weight is 452 g/mol. The maximum Gasteiger partial charge on any atom is 0.490 e. The van der Waals surface area contributed by atoms with Gasteiger partial charge in [-0.1, -0.05) is 6.07 Å². The zero-order chi connectivity index (χ0) is 23.2. The van der Waals surface area contributed by atoms with Gasteiger partial charge in [-0.3, -0.25) is 4.90 Å². The molecular formula is C21H23F3N4O4. The second-order valence-electron chi connectivity index (χ2n) is 7.76. The lowest BCUT2D eigenvalue weighted by Gasteiger charge is -2.39. The number of alkyl halides is 3. The number of likely N-dealkylation sites (tertiary alicyclic amines) is 1. The number of ether oxygens (including phenoxy) is 1. The van der Waals surface area contributed by atoms with Crippen LogP contribution in [-0.2, 0) is 16.1 Å². The number of furan rings is 1. The maximum absolute atomic E-state index is 10.6. The highest BCUT2D eigenvalue weighted by Gasteiger charge is 2.43. The summed E-state index contributed by atoms with van der Waals surface area (Å²) < 4.78 is 43.5. The van der Waals surface area contributed by atoms with Gasteiger partial charge in [-0.25, -0.2) is 9.78 Å². The highest BCUT2D eigenvalue weighted by molar-refractivity contribution is 5.73.